The molecule has 0 saturated carbocycles. The van der Waals surface area contributed by atoms with E-state index >= 15 is 0 Å². The number of para-hydroxylation sites is 1. The van der Waals surface area contributed by atoms with E-state index in [0.717, 1.165) is 5.69 Å². The number of aromatic nitrogens is 1. The summed E-state index contributed by atoms with van der Waals surface area (Å²) in [4.78, 5) is 0. The number of hydrogen-bond acceptors (Lipinski definition) is 1. The average molecular weight is 982 g/mol. The highest BCUT2D eigenvalue weighted by Crippen LogP contribution is 2.49. The van der Waals surface area contributed by atoms with Crippen LogP contribution in [0.3, 0.4) is 0 Å². The summed E-state index contributed by atoms with van der Waals surface area (Å²) in [6, 6.07) is 105. The van der Waals surface area contributed by atoms with E-state index < -0.39 is 0 Å². The summed E-state index contributed by atoms with van der Waals surface area (Å²) < 4.78 is 5.06. The lowest BCUT2D eigenvalue weighted by molar-refractivity contribution is 1.18. The van der Waals surface area contributed by atoms with E-state index in [1.807, 2.05) is 11.3 Å². The molecule has 0 atom stereocenters. The van der Waals surface area contributed by atoms with Crippen molar-refractivity contribution in [1.29, 1.82) is 0 Å². The summed E-state index contributed by atoms with van der Waals surface area (Å²) in [6.07, 6.45) is 0. The number of fused-ring (bicyclic) bond motifs is 8. The van der Waals surface area contributed by atoms with Crippen molar-refractivity contribution in [2.24, 2.45) is 0 Å². The van der Waals surface area contributed by atoms with Crippen LogP contribution in [-0.4, -0.2) is 4.57 Å². The van der Waals surface area contributed by atoms with Crippen molar-refractivity contribution in [2.75, 3.05) is 0 Å². The van der Waals surface area contributed by atoms with Gasteiger partial charge in [0.05, 0.1) is 11.0 Å². The third-order valence-electron chi connectivity index (χ3n) is 15.5. The van der Waals surface area contributed by atoms with Crippen molar-refractivity contribution in [3.63, 3.8) is 0 Å². The lowest BCUT2D eigenvalue weighted by Gasteiger charge is -2.19. The van der Waals surface area contributed by atoms with Crippen molar-refractivity contribution in [3.8, 4) is 83.6 Å². The molecule has 0 spiro atoms. The minimum Gasteiger partial charge on any atom is -0.309 e. The molecule has 13 aromatic carbocycles. The van der Waals surface area contributed by atoms with Crippen LogP contribution in [0.5, 0.6) is 0 Å². The normalized spacial score (nSPS) is 11.7. The van der Waals surface area contributed by atoms with E-state index in [0.29, 0.717) is 0 Å². The van der Waals surface area contributed by atoms with Crippen molar-refractivity contribution < 1.29 is 0 Å². The maximum atomic E-state index is 2.46. The number of nitrogens with zero attached hydrogens (tertiary/aromatic N) is 1. The van der Waals surface area contributed by atoms with Gasteiger partial charge >= 0.3 is 0 Å². The summed E-state index contributed by atoms with van der Waals surface area (Å²) in [5.41, 5.74) is 20.6. The SMILES string of the molecule is c1ccc(-c2cc(-c3ccccc3)c3sc4c(-c5ccc6c(c5)c5ccccc5n6-c5cccc(-c6ccc7c(-c8ccccc8)c8ccccc8c(-c8ccccc8)c7c6)c5)cc(-c5ccccc5)cc4c3c2)cc1. The van der Waals surface area contributed by atoms with E-state index in [9.17, 15) is 0 Å². The van der Waals surface area contributed by atoms with Gasteiger partial charge in [0.25, 0.3) is 0 Å². The summed E-state index contributed by atoms with van der Waals surface area (Å²) in [6.45, 7) is 0. The molecule has 0 amide bonds. The van der Waals surface area contributed by atoms with Crippen LogP contribution in [0.2, 0.25) is 0 Å². The molecular weight excluding hydrogens is 935 g/mol. The molecule has 76 heavy (non-hydrogen) atoms. The molecule has 354 valence electrons. The topological polar surface area (TPSA) is 4.93 Å². The molecule has 0 radical (unpaired) electrons. The number of benzene rings is 13. The molecule has 15 aromatic rings. The van der Waals surface area contributed by atoms with Crippen molar-refractivity contribution in [2.45, 2.75) is 0 Å². The van der Waals surface area contributed by atoms with Gasteiger partial charge in [-0.3, -0.25) is 0 Å². The first-order valence-corrected chi connectivity index (χ1v) is 27.0. The predicted molar refractivity (Wildman–Crippen MR) is 327 cm³/mol. The third kappa shape index (κ3) is 7.29. The molecule has 0 aliphatic carbocycles. The van der Waals surface area contributed by atoms with Gasteiger partial charge in [-0.2, -0.15) is 0 Å². The van der Waals surface area contributed by atoms with Gasteiger partial charge in [0.2, 0.25) is 0 Å². The first-order valence-electron chi connectivity index (χ1n) is 26.1. The number of hydrogen-bond donors (Lipinski definition) is 0. The van der Waals surface area contributed by atoms with Crippen LogP contribution in [0.4, 0.5) is 0 Å². The van der Waals surface area contributed by atoms with Crippen LogP contribution < -0.4 is 0 Å². The summed E-state index contributed by atoms with van der Waals surface area (Å²) in [5, 5.41) is 10.0. The van der Waals surface area contributed by atoms with Gasteiger partial charge in [0.15, 0.2) is 0 Å². The fourth-order valence-corrected chi connectivity index (χ4v) is 13.4. The minimum atomic E-state index is 1.13. The first-order chi connectivity index (χ1) is 37.7. The van der Waals surface area contributed by atoms with Crippen molar-refractivity contribution >= 4 is 74.9 Å². The van der Waals surface area contributed by atoms with E-state index in [4.69, 9.17) is 0 Å². The van der Waals surface area contributed by atoms with Gasteiger partial charge in [0, 0.05) is 47.8 Å². The van der Waals surface area contributed by atoms with E-state index in [2.05, 4.69) is 290 Å². The molecule has 0 aliphatic rings. The Balaban J connectivity index is 0.916. The van der Waals surface area contributed by atoms with E-state index in [-0.39, 0.29) is 0 Å². The van der Waals surface area contributed by atoms with Gasteiger partial charge in [0.1, 0.15) is 0 Å². The maximum absolute atomic E-state index is 2.46. The molecule has 0 fully saturated rings. The highest BCUT2D eigenvalue weighted by atomic mass is 32.1. The standard InChI is InChI=1S/C74H47NS/c1-6-21-48(22-7-1)56-44-63(50-25-10-3-11-26-50)73-67(46-56)68-47-57(49-23-8-2-9-24-49)45-64(74(68)76-73)55-38-40-70-65(43-55)59-33-18-19-36-69(59)75(70)58-32-20-31-53(41-58)54-37-39-62-66(42-54)72(52-29-14-5-15-30-52)61-35-17-16-34-60(61)71(62)51-27-12-4-13-28-51/h1-47H. The minimum absolute atomic E-state index is 1.13. The highest BCUT2D eigenvalue weighted by molar-refractivity contribution is 7.27. The summed E-state index contributed by atoms with van der Waals surface area (Å²) in [7, 11) is 0. The number of rotatable bonds is 8. The molecule has 1 nitrogen and oxygen atoms in total. The van der Waals surface area contributed by atoms with Gasteiger partial charge in [-0.1, -0.05) is 224 Å². The van der Waals surface area contributed by atoms with Crippen molar-refractivity contribution in [3.05, 3.63) is 285 Å². The Kier molecular flexibility index (Phi) is 10.5. The lowest BCUT2D eigenvalue weighted by atomic mass is 9.85. The Labute approximate surface area is 445 Å². The maximum Gasteiger partial charge on any atom is 0.0541 e. The molecule has 2 aromatic heterocycles. The monoisotopic (exact) mass is 981 g/mol. The Bertz CT molecular complexity index is 4710. The fraction of sp³-hybridized carbons (Fsp3) is 0. The Morgan fingerprint density at radius 1 is 0.211 bits per heavy atom. The summed E-state index contributed by atoms with van der Waals surface area (Å²) in [5.74, 6) is 0. The zero-order valence-corrected chi connectivity index (χ0v) is 42.3. The van der Waals surface area contributed by atoms with Crippen LogP contribution in [0.25, 0.3) is 147 Å². The van der Waals surface area contributed by atoms with Crippen LogP contribution in [-0.2, 0) is 0 Å². The highest BCUT2D eigenvalue weighted by Gasteiger charge is 2.22. The molecule has 0 aliphatic heterocycles. The molecule has 0 bridgehead atoms. The molecule has 15 rings (SSSR count). The van der Waals surface area contributed by atoms with Gasteiger partial charge < -0.3 is 4.57 Å². The zero-order valence-electron chi connectivity index (χ0n) is 41.5. The lowest BCUT2D eigenvalue weighted by Crippen LogP contribution is -1.95. The molecule has 2 heteroatoms. The quantitative estimate of drug-likeness (QED) is 0.134. The van der Waals surface area contributed by atoms with Gasteiger partial charge in [-0.05, 0) is 149 Å². The smallest absolute Gasteiger partial charge is 0.0541 e. The molecular formula is C74H47NS. The fourth-order valence-electron chi connectivity index (χ4n) is 12.1. The second-order valence-corrected chi connectivity index (χ2v) is 20.9. The van der Waals surface area contributed by atoms with Crippen LogP contribution in [0.1, 0.15) is 0 Å². The van der Waals surface area contributed by atoms with Crippen LogP contribution in [0, 0.1) is 0 Å². The second-order valence-electron chi connectivity index (χ2n) is 19.9. The van der Waals surface area contributed by atoms with Crippen molar-refractivity contribution in [1.82, 2.24) is 4.57 Å². The van der Waals surface area contributed by atoms with E-state index in [1.165, 1.54) is 141 Å². The Morgan fingerprint density at radius 3 is 1.21 bits per heavy atom. The summed E-state index contributed by atoms with van der Waals surface area (Å²) >= 11 is 1.92. The predicted octanol–water partition coefficient (Wildman–Crippen LogP) is 21.1. The van der Waals surface area contributed by atoms with Gasteiger partial charge in [-0.25, -0.2) is 0 Å². The largest absolute Gasteiger partial charge is 0.309 e. The molecule has 2 heterocycles. The number of thiophene rings is 1. The Hall–Kier alpha value is -9.60. The van der Waals surface area contributed by atoms with Crippen LogP contribution >= 0.6 is 11.3 Å². The van der Waals surface area contributed by atoms with E-state index in [1.54, 1.807) is 0 Å². The second kappa shape index (κ2) is 18.1. The average Bonchev–Trinajstić information content (AvgIpc) is 4.13. The first kappa shape index (κ1) is 43.9. The molecule has 0 saturated heterocycles. The Morgan fingerprint density at radius 2 is 0.618 bits per heavy atom. The molecule has 0 unspecified atom stereocenters. The molecule has 0 N–H and O–H groups in total. The third-order valence-corrected chi connectivity index (χ3v) is 16.8. The van der Waals surface area contributed by atoms with Crippen LogP contribution in [0.15, 0.2) is 285 Å². The van der Waals surface area contributed by atoms with Gasteiger partial charge in [-0.15, -0.1) is 11.3 Å². The zero-order chi connectivity index (χ0) is 50.1.